The van der Waals surface area contributed by atoms with E-state index in [1.165, 1.54) is 22.5 Å². The number of rotatable bonds is 8. The fourth-order valence-electron chi connectivity index (χ4n) is 3.47. The quantitative estimate of drug-likeness (QED) is 0.435. The van der Waals surface area contributed by atoms with E-state index in [-0.39, 0.29) is 36.0 Å². The highest BCUT2D eigenvalue weighted by molar-refractivity contribution is 7.89. The van der Waals surface area contributed by atoms with Gasteiger partial charge in [0, 0.05) is 32.2 Å². The van der Waals surface area contributed by atoms with E-state index in [2.05, 4.69) is 6.92 Å². The van der Waals surface area contributed by atoms with Crippen LogP contribution < -0.4 is 0 Å². The molecule has 0 spiro atoms. The Balaban J connectivity index is 1.73. The molecular formula is C20H25N3O6S2. The number of unbranched alkanes of at least 4 members (excludes halogenated alkanes) is 1. The molecule has 0 bridgehead atoms. The first kappa shape index (κ1) is 23.3. The fourth-order valence-corrected chi connectivity index (χ4v) is 6.48. The van der Waals surface area contributed by atoms with Crippen LogP contribution in [0.25, 0.3) is 0 Å². The highest BCUT2D eigenvalue weighted by Crippen LogP contribution is 2.28. The van der Waals surface area contributed by atoms with E-state index in [0.717, 1.165) is 35.2 Å². The molecule has 0 amide bonds. The molecule has 1 aliphatic heterocycles. The predicted molar refractivity (Wildman–Crippen MR) is 116 cm³/mol. The lowest BCUT2D eigenvalue weighted by Crippen LogP contribution is -2.50. The molecule has 0 saturated carbocycles. The molecule has 3 rings (SSSR count). The number of nitro benzene ring substituents is 1. The molecule has 1 fully saturated rings. The van der Waals surface area contributed by atoms with Crippen LogP contribution in [0.3, 0.4) is 0 Å². The third kappa shape index (κ3) is 4.95. The van der Waals surface area contributed by atoms with Gasteiger partial charge in [0.05, 0.1) is 9.82 Å². The lowest BCUT2D eigenvalue weighted by Gasteiger charge is -2.33. The smallest absolute Gasteiger partial charge is 0.258 e. The molecule has 31 heavy (non-hydrogen) atoms. The summed E-state index contributed by atoms with van der Waals surface area (Å²) in [4.78, 5) is 10.2. The van der Waals surface area contributed by atoms with E-state index in [9.17, 15) is 26.9 Å². The number of aryl methyl sites for hydroxylation is 1. The van der Waals surface area contributed by atoms with Crippen molar-refractivity contribution in [2.45, 2.75) is 36.0 Å². The minimum absolute atomic E-state index is 0.0280. The van der Waals surface area contributed by atoms with Gasteiger partial charge in [-0.25, -0.2) is 16.8 Å². The van der Waals surface area contributed by atoms with E-state index in [1.54, 1.807) is 24.3 Å². The van der Waals surface area contributed by atoms with Gasteiger partial charge in [0.25, 0.3) is 5.69 Å². The molecule has 11 heteroatoms. The molecule has 0 unspecified atom stereocenters. The maximum absolute atomic E-state index is 13.0. The third-order valence-electron chi connectivity index (χ3n) is 5.26. The van der Waals surface area contributed by atoms with Crippen LogP contribution in [-0.4, -0.2) is 56.5 Å². The van der Waals surface area contributed by atoms with Crippen molar-refractivity contribution in [1.82, 2.24) is 8.61 Å². The number of benzene rings is 2. The van der Waals surface area contributed by atoms with Crippen LogP contribution in [0.5, 0.6) is 0 Å². The zero-order valence-electron chi connectivity index (χ0n) is 17.2. The number of sulfonamides is 2. The van der Waals surface area contributed by atoms with E-state index >= 15 is 0 Å². The lowest BCUT2D eigenvalue weighted by molar-refractivity contribution is -0.387. The standard InChI is InChI=1S/C20H25N3O6S2/c1-2-3-6-17-9-11-18(12-10-17)30(26,27)21-13-15-22(16-14-21)31(28,29)20-8-5-4-7-19(20)23(24)25/h4-5,7-12H,2-3,6,13-16H2,1H3. The number of para-hydroxylation sites is 1. The van der Waals surface area contributed by atoms with Gasteiger partial charge in [-0.15, -0.1) is 0 Å². The number of hydrogen-bond acceptors (Lipinski definition) is 6. The maximum Gasteiger partial charge on any atom is 0.289 e. The molecule has 2 aromatic rings. The Bertz CT molecular complexity index is 1140. The van der Waals surface area contributed by atoms with Crippen molar-refractivity contribution in [3.8, 4) is 0 Å². The molecule has 9 nitrogen and oxygen atoms in total. The molecule has 0 N–H and O–H groups in total. The predicted octanol–water partition coefficient (Wildman–Crippen LogP) is 2.63. The number of hydrogen-bond donors (Lipinski definition) is 0. The summed E-state index contributed by atoms with van der Waals surface area (Å²) < 4.78 is 54.1. The van der Waals surface area contributed by atoms with Crippen molar-refractivity contribution < 1.29 is 21.8 Å². The van der Waals surface area contributed by atoms with Crippen molar-refractivity contribution in [3.63, 3.8) is 0 Å². The minimum atomic E-state index is -4.12. The van der Waals surface area contributed by atoms with Gasteiger partial charge in [-0.05, 0) is 36.6 Å². The van der Waals surface area contributed by atoms with Crippen LogP contribution in [0.15, 0.2) is 58.3 Å². The molecular weight excluding hydrogens is 442 g/mol. The second kappa shape index (κ2) is 9.43. The van der Waals surface area contributed by atoms with E-state index in [0.29, 0.717) is 0 Å². The Labute approximate surface area is 182 Å². The summed E-state index contributed by atoms with van der Waals surface area (Å²) in [5, 5.41) is 11.2. The topological polar surface area (TPSA) is 118 Å². The molecule has 1 aliphatic rings. The third-order valence-corrected chi connectivity index (χ3v) is 9.12. The molecule has 2 aromatic carbocycles. The Kier molecular flexibility index (Phi) is 7.10. The van der Waals surface area contributed by atoms with Gasteiger partial charge in [0.2, 0.25) is 20.0 Å². The van der Waals surface area contributed by atoms with Gasteiger partial charge in [-0.1, -0.05) is 37.6 Å². The number of nitro groups is 1. The Morgan fingerprint density at radius 2 is 1.42 bits per heavy atom. The average Bonchev–Trinajstić information content (AvgIpc) is 2.78. The lowest BCUT2D eigenvalue weighted by atomic mass is 10.1. The Morgan fingerprint density at radius 3 is 1.97 bits per heavy atom. The van der Waals surface area contributed by atoms with Crippen LogP contribution in [0, 0.1) is 10.1 Å². The molecule has 0 atom stereocenters. The first-order chi connectivity index (χ1) is 14.7. The highest BCUT2D eigenvalue weighted by Gasteiger charge is 2.36. The average molecular weight is 468 g/mol. The van der Waals surface area contributed by atoms with Crippen LogP contribution in [0.4, 0.5) is 5.69 Å². The molecule has 168 valence electrons. The van der Waals surface area contributed by atoms with Gasteiger partial charge in [-0.3, -0.25) is 10.1 Å². The molecule has 0 aromatic heterocycles. The van der Waals surface area contributed by atoms with Crippen LogP contribution in [0.1, 0.15) is 25.3 Å². The SMILES string of the molecule is CCCCc1ccc(S(=O)(=O)N2CCN(S(=O)(=O)c3ccccc3[N+](=O)[O-])CC2)cc1. The normalized spacial score (nSPS) is 16.3. The van der Waals surface area contributed by atoms with E-state index in [1.807, 2.05) is 0 Å². The summed E-state index contributed by atoms with van der Waals surface area (Å²) >= 11 is 0. The van der Waals surface area contributed by atoms with Crippen molar-refractivity contribution in [1.29, 1.82) is 0 Å². The van der Waals surface area contributed by atoms with Gasteiger partial charge < -0.3 is 0 Å². The van der Waals surface area contributed by atoms with Crippen molar-refractivity contribution in [2.24, 2.45) is 0 Å². The zero-order valence-corrected chi connectivity index (χ0v) is 18.8. The van der Waals surface area contributed by atoms with Gasteiger partial charge >= 0.3 is 0 Å². The Hall–Kier alpha value is -2.34. The summed E-state index contributed by atoms with van der Waals surface area (Å²) in [6.07, 6.45) is 2.97. The first-order valence-corrected chi connectivity index (χ1v) is 12.9. The number of nitrogens with zero attached hydrogens (tertiary/aromatic N) is 3. The highest BCUT2D eigenvalue weighted by atomic mass is 32.2. The summed E-state index contributed by atoms with van der Waals surface area (Å²) in [6, 6.07) is 11.9. The molecule has 1 heterocycles. The van der Waals surface area contributed by atoms with Gasteiger partial charge in [-0.2, -0.15) is 8.61 Å². The van der Waals surface area contributed by atoms with Gasteiger partial charge in [0.1, 0.15) is 0 Å². The maximum atomic E-state index is 13.0. The minimum Gasteiger partial charge on any atom is -0.258 e. The van der Waals surface area contributed by atoms with E-state index in [4.69, 9.17) is 0 Å². The first-order valence-electron chi connectivity index (χ1n) is 10.0. The van der Waals surface area contributed by atoms with Crippen LogP contribution >= 0.6 is 0 Å². The molecule has 1 saturated heterocycles. The fraction of sp³-hybridized carbons (Fsp3) is 0.400. The summed E-state index contributed by atoms with van der Waals surface area (Å²) in [5.74, 6) is 0. The number of piperazine rings is 1. The van der Waals surface area contributed by atoms with Gasteiger partial charge in [0.15, 0.2) is 4.90 Å². The Morgan fingerprint density at radius 1 is 0.871 bits per heavy atom. The van der Waals surface area contributed by atoms with Crippen molar-refractivity contribution in [2.75, 3.05) is 26.2 Å². The van der Waals surface area contributed by atoms with Crippen LogP contribution in [0.2, 0.25) is 0 Å². The van der Waals surface area contributed by atoms with Crippen molar-refractivity contribution >= 4 is 25.7 Å². The zero-order chi connectivity index (χ0) is 22.6. The van der Waals surface area contributed by atoms with Crippen molar-refractivity contribution in [3.05, 3.63) is 64.2 Å². The van der Waals surface area contributed by atoms with Crippen LogP contribution in [-0.2, 0) is 26.5 Å². The summed E-state index contributed by atoms with van der Waals surface area (Å²) in [7, 11) is -7.87. The molecule has 0 aliphatic carbocycles. The largest absolute Gasteiger partial charge is 0.289 e. The second-order valence-corrected chi connectivity index (χ2v) is 11.1. The summed E-state index contributed by atoms with van der Waals surface area (Å²) in [6.45, 7) is 1.87. The summed E-state index contributed by atoms with van der Waals surface area (Å²) in [5.41, 5.74) is 0.571. The van der Waals surface area contributed by atoms with E-state index < -0.39 is 30.7 Å². The molecule has 0 radical (unpaired) electrons. The monoisotopic (exact) mass is 467 g/mol. The second-order valence-electron chi connectivity index (χ2n) is 7.28.